The summed E-state index contributed by atoms with van der Waals surface area (Å²) in [6, 6.07) is 9.38. The molecule has 104 valence electrons. The van der Waals surface area contributed by atoms with Crippen molar-refractivity contribution in [1.82, 2.24) is 4.98 Å². The molecule has 0 bridgehead atoms. The van der Waals surface area contributed by atoms with Crippen molar-refractivity contribution >= 4 is 11.6 Å². The first-order chi connectivity index (χ1) is 9.60. The summed E-state index contributed by atoms with van der Waals surface area (Å²) in [6.07, 6.45) is 1.54. The van der Waals surface area contributed by atoms with Crippen LogP contribution < -0.4 is 15.8 Å². The summed E-state index contributed by atoms with van der Waals surface area (Å²) in [4.78, 5) is 15.3. The van der Waals surface area contributed by atoms with Crippen molar-refractivity contribution in [3.63, 3.8) is 0 Å². The van der Waals surface area contributed by atoms with Crippen molar-refractivity contribution in [2.45, 2.75) is 13.8 Å². The highest BCUT2D eigenvalue weighted by atomic mass is 16.5. The average Bonchev–Trinajstić information content (AvgIpc) is 2.44. The lowest BCUT2D eigenvalue weighted by molar-refractivity contribution is -0.114. The monoisotopic (exact) mass is 271 g/mol. The summed E-state index contributed by atoms with van der Waals surface area (Å²) >= 11 is 0. The zero-order valence-corrected chi connectivity index (χ0v) is 11.5. The van der Waals surface area contributed by atoms with Crippen LogP contribution in [0.2, 0.25) is 0 Å². The Balaban J connectivity index is 2.13. The summed E-state index contributed by atoms with van der Waals surface area (Å²) < 4.78 is 5.78. The Morgan fingerprint density at radius 2 is 1.95 bits per heavy atom. The number of aryl methyl sites for hydroxylation is 2. The fourth-order valence-electron chi connectivity index (χ4n) is 1.79. The molecule has 0 saturated carbocycles. The van der Waals surface area contributed by atoms with Gasteiger partial charge in [0.25, 0.3) is 0 Å². The normalized spacial score (nSPS) is 10.2. The minimum atomic E-state index is -0.254. The molecule has 2 aromatic rings. The molecule has 0 radical (unpaired) electrons. The number of hydrogen-bond acceptors (Lipinski definition) is 4. The zero-order valence-electron chi connectivity index (χ0n) is 11.5. The number of carbonyl (C=O) groups excluding carboxylic acids is 1. The summed E-state index contributed by atoms with van der Waals surface area (Å²) in [6.45, 7) is 3.91. The van der Waals surface area contributed by atoms with E-state index >= 15 is 0 Å². The van der Waals surface area contributed by atoms with Gasteiger partial charge >= 0.3 is 0 Å². The molecular weight excluding hydrogens is 254 g/mol. The van der Waals surface area contributed by atoms with E-state index in [9.17, 15) is 4.79 Å². The van der Waals surface area contributed by atoms with Crippen molar-refractivity contribution in [2.75, 3.05) is 11.9 Å². The van der Waals surface area contributed by atoms with E-state index in [1.54, 1.807) is 12.1 Å². The molecular formula is C15H17N3O2. The number of hydrogen-bond donors (Lipinski definition) is 2. The van der Waals surface area contributed by atoms with Crippen LogP contribution in [-0.4, -0.2) is 17.4 Å². The highest BCUT2D eigenvalue weighted by Crippen LogP contribution is 2.27. The predicted molar refractivity (Wildman–Crippen MR) is 77.9 cm³/mol. The number of rotatable bonds is 4. The summed E-state index contributed by atoms with van der Waals surface area (Å²) in [5.74, 6) is 1.03. The molecule has 1 aromatic carbocycles. The van der Waals surface area contributed by atoms with Gasteiger partial charge in [0.1, 0.15) is 5.75 Å². The quantitative estimate of drug-likeness (QED) is 0.895. The average molecular weight is 271 g/mol. The number of nitrogens with zero attached hydrogens (tertiary/aromatic N) is 1. The Kier molecular flexibility index (Phi) is 4.32. The maximum absolute atomic E-state index is 11.2. The molecule has 2 rings (SSSR count). The van der Waals surface area contributed by atoms with Crippen LogP contribution in [0.3, 0.4) is 0 Å². The van der Waals surface area contributed by atoms with E-state index in [2.05, 4.69) is 10.3 Å². The Morgan fingerprint density at radius 3 is 2.50 bits per heavy atom. The SMILES string of the molecule is Cc1cccc(C)c1Oc1ccc(NC(=O)CN)cn1. The summed E-state index contributed by atoms with van der Waals surface area (Å²) in [5.41, 5.74) is 7.92. The van der Waals surface area contributed by atoms with Crippen molar-refractivity contribution in [1.29, 1.82) is 0 Å². The molecule has 0 aliphatic heterocycles. The van der Waals surface area contributed by atoms with Crippen LogP contribution in [0.15, 0.2) is 36.5 Å². The van der Waals surface area contributed by atoms with Gasteiger partial charge in [-0.05, 0) is 31.0 Å². The van der Waals surface area contributed by atoms with E-state index in [-0.39, 0.29) is 12.5 Å². The van der Waals surface area contributed by atoms with E-state index in [0.29, 0.717) is 11.6 Å². The first-order valence-electron chi connectivity index (χ1n) is 6.30. The molecule has 0 unspecified atom stereocenters. The number of amides is 1. The van der Waals surface area contributed by atoms with Crippen LogP contribution in [0, 0.1) is 13.8 Å². The lowest BCUT2D eigenvalue weighted by atomic mass is 10.1. The Labute approximate surface area is 117 Å². The molecule has 1 heterocycles. The van der Waals surface area contributed by atoms with Gasteiger partial charge in [-0.15, -0.1) is 0 Å². The Hall–Kier alpha value is -2.40. The number of carbonyl (C=O) groups is 1. The lowest BCUT2D eigenvalue weighted by Crippen LogP contribution is -2.21. The second-order valence-electron chi connectivity index (χ2n) is 4.46. The topological polar surface area (TPSA) is 77.2 Å². The molecule has 0 spiro atoms. The zero-order chi connectivity index (χ0) is 14.5. The first-order valence-corrected chi connectivity index (χ1v) is 6.30. The second-order valence-corrected chi connectivity index (χ2v) is 4.46. The van der Waals surface area contributed by atoms with Gasteiger partial charge in [-0.25, -0.2) is 4.98 Å². The fourth-order valence-corrected chi connectivity index (χ4v) is 1.79. The van der Waals surface area contributed by atoms with Crippen LogP contribution in [0.4, 0.5) is 5.69 Å². The van der Waals surface area contributed by atoms with E-state index in [4.69, 9.17) is 10.5 Å². The molecule has 3 N–H and O–H groups in total. The summed E-state index contributed by atoms with van der Waals surface area (Å²) in [5, 5.41) is 2.62. The summed E-state index contributed by atoms with van der Waals surface area (Å²) in [7, 11) is 0. The first kappa shape index (κ1) is 14.0. The van der Waals surface area contributed by atoms with Gasteiger partial charge in [-0.3, -0.25) is 4.79 Å². The van der Waals surface area contributed by atoms with Crippen LogP contribution in [0.1, 0.15) is 11.1 Å². The number of anilines is 1. The number of nitrogens with one attached hydrogen (secondary N) is 1. The minimum absolute atomic E-state index is 0.0549. The van der Waals surface area contributed by atoms with Crippen molar-refractivity contribution < 1.29 is 9.53 Å². The Bertz CT molecular complexity index is 589. The van der Waals surface area contributed by atoms with Crippen molar-refractivity contribution in [3.8, 4) is 11.6 Å². The van der Waals surface area contributed by atoms with Crippen molar-refractivity contribution in [2.24, 2.45) is 5.73 Å². The molecule has 1 amide bonds. The van der Waals surface area contributed by atoms with Gasteiger partial charge in [0.2, 0.25) is 11.8 Å². The standard InChI is InChI=1S/C15H17N3O2/c1-10-4-3-5-11(2)15(10)20-14-7-6-12(9-17-14)18-13(19)8-16/h3-7,9H,8,16H2,1-2H3,(H,18,19). The minimum Gasteiger partial charge on any atom is -0.438 e. The van der Waals surface area contributed by atoms with E-state index < -0.39 is 0 Å². The molecule has 20 heavy (non-hydrogen) atoms. The highest BCUT2D eigenvalue weighted by molar-refractivity contribution is 5.91. The van der Waals surface area contributed by atoms with Gasteiger partial charge in [-0.1, -0.05) is 18.2 Å². The lowest BCUT2D eigenvalue weighted by Gasteiger charge is -2.11. The molecule has 0 aliphatic carbocycles. The van der Waals surface area contributed by atoms with E-state index in [1.165, 1.54) is 6.20 Å². The van der Waals surface area contributed by atoms with Crippen LogP contribution in [0.5, 0.6) is 11.6 Å². The number of benzene rings is 1. The third-order valence-corrected chi connectivity index (χ3v) is 2.82. The van der Waals surface area contributed by atoms with Crippen LogP contribution in [-0.2, 0) is 4.79 Å². The fraction of sp³-hybridized carbons (Fsp3) is 0.200. The third kappa shape index (κ3) is 3.33. The second kappa shape index (κ2) is 6.16. The van der Waals surface area contributed by atoms with Gasteiger partial charge in [0.05, 0.1) is 18.4 Å². The molecule has 5 heteroatoms. The number of pyridine rings is 1. The number of para-hydroxylation sites is 1. The maximum atomic E-state index is 11.2. The largest absolute Gasteiger partial charge is 0.438 e. The van der Waals surface area contributed by atoms with Crippen LogP contribution >= 0.6 is 0 Å². The van der Waals surface area contributed by atoms with Gasteiger partial charge in [-0.2, -0.15) is 0 Å². The number of ether oxygens (including phenoxy) is 1. The highest BCUT2D eigenvalue weighted by Gasteiger charge is 2.06. The maximum Gasteiger partial charge on any atom is 0.238 e. The molecule has 0 aliphatic rings. The van der Waals surface area contributed by atoms with Crippen molar-refractivity contribution in [3.05, 3.63) is 47.7 Å². The predicted octanol–water partition coefficient (Wildman–Crippen LogP) is 2.39. The number of nitrogens with two attached hydrogens (primary N) is 1. The smallest absolute Gasteiger partial charge is 0.238 e. The van der Waals surface area contributed by atoms with Gasteiger partial charge in [0.15, 0.2) is 0 Å². The van der Waals surface area contributed by atoms with Crippen LogP contribution in [0.25, 0.3) is 0 Å². The molecule has 0 atom stereocenters. The third-order valence-electron chi connectivity index (χ3n) is 2.82. The molecule has 0 fully saturated rings. The molecule has 1 aromatic heterocycles. The Morgan fingerprint density at radius 1 is 1.25 bits per heavy atom. The van der Waals surface area contributed by atoms with Gasteiger partial charge in [0, 0.05) is 6.07 Å². The van der Waals surface area contributed by atoms with E-state index in [0.717, 1.165) is 16.9 Å². The van der Waals surface area contributed by atoms with E-state index in [1.807, 2.05) is 32.0 Å². The molecule has 5 nitrogen and oxygen atoms in total. The van der Waals surface area contributed by atoms with Gasteiger partial charge < -0.3 is 15.8 Å². The number of aromatic nitrogens is 1. The molecule has 0 saturated heterocycles.